The molecule has 0 saturated heterocycles. The maximum Gasteiger partial charge on any atom is 0.0572 e. The van der Waals surface area contributed by atoms with Gasteiger partial charge in [0, 0.05) is 6.61 Å². The van der Waals surface area contributed by atoms with Crippen LogP contribution in [-0.4, -0.2) is 12.7 Å². The Hall–Kier alpha value is -0.0400. The zero-order chi connectivity index (χ0) is 22.0. The lowest BCUT2D eigenvalue weighted by Gasteiger charge is -2.16. The second-order valence-electron chi connectivity index (χ2n) is 9.76. The normalized spacial score (nSPS) is 12.5. The molecule has 1 nitrogen and oxygen atoms in total. The van der Waals surface area contributed by atoms with E-state index in [1.54, 1.807) is 0 Å². The van der Waals surface area contributed by atoms with E-state index in [9.17, 15) is 0 Å². The molecule has 0 spiro atoms. The second kappa shape index (κ2) is 27.0. The van der Waals surface area contributed by atoms with Gasteiger partial charge in [-0.25, -0.2) is 0 Å². The van der Waals surface area contributed by atoms with Gasteiger partial charge in [0.2, 0.25) is 0 Å². The van der Waals surface area contributed by atoms with Crippen LogP contribution in [0.3, 0.4) is 0 Å². The van der Waals surface area contributed by atoms with Crippen LogP contribution < -0.4 is 0 Å². The number of ether oxygens (including phenoxy) is 1. The number of unbranched alkanes of at least 4 members (excludes halogenated alkanes) is 20. The summed E-state index contributed by atoms with van der Waals surface area (Å²) in [4.78, 5) is 0. The minimum Gasteiger partial charge on any atom is -0.378 e. The van der Waals surface area contributed by atoms with E-state index < -0.39 is 0 Å². The zero-order valence-corrected chi connectivity index (χ0v) is 21.7. The van der Waals surface area contributed by atoms with E-state index >= 15 is 0 Å². The molecule has 0 bridgehead atoms. The molecular formula is C29H60O. The Labute approximate surface area is 192 Å². The summed E-state index contributed by atoms with van der Waals surface area (Å²) in [5.41, 5.74) is 0. The van der Waals surface area contributed by atoms with Crippen molar-refractivity contribution in [2.24, 2.45) is 0 Å². The van der Waals surface area contributed by atoms with Gasteiger partial charge in [-0.05, 0) is 19.3 Å². The summed E-state index contributed by atoms with van der Waals surface area (Å²) in [5.74, 6) is 0. The summed E-state index contributed by atoms with van der Waals surface area (Å²) in [6, 6.07) is 0. The molecule has 0 heterocycles. The quantitative estimate of drug-likeness (QED) is 0.125. The number of hydrogen-bond acceptors (Lipinski definition) is 1. The van der Waals surface area contributed by atoms with E-state index in [1.807, 2.05) is 0 Å². The van der Waals surface area contributed by atoms with Gasteiger partial charge >= 0.3 is 0 Å². The van der Waals surface area contributed by atoms with E-state index in [4.69, 9.17) is 4.74 Å². The van der Waals surface area contributed by atoms with E-state index in [0.717, 1.165) is 6.61 Å². The van der Waals surface area contributed by atoms with Crippen molar-refractivity contribution in [2.45, 2.75) is 181 Å². The number of rotatable bonds is 26. The van der Waals surface area contributed by atoms with Gasteiger partial charge < -0.3 is 4.74 Å². The molecule has 0 radical (unpaired) electrons. The minimum atomic E-state index is 0.520. The molecule has 0 aromatic heterocycles. The lowest BCUT2D eigenvalue weighted by atomic mass is 10.0. The Kier molecular flexibility index (Phi) is 27.0. The summed E-state index contributed by atoms with van der Waals surface area (Å²) < 4.78 is 6.17. The van der Waals surface area contributed by atoms with Crippen LogP contribution in [0, 0.1) is 0 Å². The van der Waals surface area contributed by atoms with Gasteiger partial charge in [-0.15, -0.1) is 0 Å². The second-order valence-corrected chi connectivity index (χ2v) is 9.76. The van der Waals surface area contributed by atoms with E-state index in [-0.39, 0.29) is 0 Å². The Morgan fingerprint density at radius 1 is 0.400 bits per heavy atom. The fourth-order valence-corrected chi connectivity index (χ4v) is 4.46. The van der Waals surface area contributed by atoms with Crippen LogP contribution in [0.2, 0.25) is 0 Å². The van der Waals surface area contributed by atoms with Gasteiger partial charge in [0.05, 0.1) is 6.10 Å². The standard InChI is InChI=1S/C29H60O/c1-4-7-9-11-13-15-17-18-20-22-24-26-28-30-29(6-3)27-25-23-21-19-16-14-12-10-8-5-2/h29H,4-28H2,1-3H3. The van der Waals surface area contributed by atoms with Crippen LogP contribution in [0.15, 0.2) is 0 Å². The first-order valence-electron chi connectivity index (χ1n) is 14.5. The molecule has 0 fully saturated rings. The van der Waals surface area contributed by atoms with E-state index in [0.29, 0.717) is 6.10 Å². The van der Waals surface area contributed by atoms with Crippen LogP contribution in [0.4, 0.5) is 0 Å². The molecule has 0 amide bonds. The van der Waals surface area contributed by atoms with Crippen LogP contribution in [0.25, 0.3) is 0 Å². The molecule has 1 heteroatoms. The predicted octanol–water partition coefficient (Wildman–Crippen LogP) is 10.8. The highest BCUT2D eigenvalue weighted by atomic mass is 16.5. The van der Waals surface area contributed by atoms with Gasteiger partial charge in [0.1, 0.15) is 0 Å². The van der Waals surface area contributed by atoms with Gasteiger partial charge in [0.15, 0.2) is 0 Å². The molecule has 0 N–H and O–H groups in total. The molecule has 0 rings (SSSR count). The third kappa shape index (κ3) is 24.2. The number of hydrogen-bond donors (Lipinski definition) is 0. The molecule has 0 aromatic rings. The molecule has 1 atom stereocenters. The highest BCUT2D eigenvalue weighted by molar-refractivity contribution is 4.57. The lowest BCUT2D eigenvalue weighted by Crippen LogP contribution is -2.12. The Balaban J connectivity index is 3.26. The van der Waals surface area contributed by atoms with Crippen molar-refractivity contribution in [3.05, 3.63) is 0 Å². The SMILES string of the molecule is CCCCCCCCCCCCCCOC(CC)CCCCCCCCCCCC. The fraction of sp³-hybridized carbons (Fsp3) is 1.00. The van der Waals surface area contributed by atoms with Crippen molar-refractivity contribution < 1.29 is 4.74 Å². The molecule has 1 unspecified atom stereocenters. The van der Waals surface area contributed by atoms with Crippen molar-refractivity contribution in [1.82, 2.24) is 0 Å². The summed E-state index contributed by atoms with van der Waals surface area (Å²) >= 11 is 0. The highest BCUT2D eigenvalue weighted by Gasteiger charge is 2.06. The molecular weight excluding hydrogens is 364 g/mol. The van der Waals surface area contributed by atoms with Crippen molar-refractivity contribution in [2.75, 3.05) is 6.61 Å². The molecule has 0 aliphatic carbocycles. The van der Waals surface area contributed by atoms with E-state index in [1.165, 1.54) is 154 Å². The first-order chi connectivity index (χ1) is 14.8. The van der Waals surface area contributed by atoms with E-state index in [2.05, 4.69) is 20.8 Å². The monoisotopic (exact) mass is 424 g/mol. The summed E-state index contributed by atoms with van der Waals surface area (Å²) in [7, 11) is 0. The predicted molar refractivity (Wildman–Crippen MR) is 138 cm³/mol. The van der Waals surface area contributed by atoms with Crippen molar-refractivity contribution in [3.8, 4) is 0 Å². The lowest BCUT2D eigenvalue weighted by molar-refractivity contribution is 0.0406. The molecule has 30 heavy (non-hydrogen) atoms. The van der Waals surface area contributed by atoms with Crippen LogP contribution >= 0.6 is 0 Å². The average Bonchev–Trinajstić information content (AvgIpc) is 2.76. The van der Waals surface area contributed by atoms with Crippen molar-refractivity contribution in [1.29, 1.82) is 0 Å². The maximum absolute atomic E-state index is 6.17. The van der Waals surface area contributed by atoms with Crippen LogP contribution in [0.5, 0.6) is 0 Å². The third-order valence-electron chi connectivity index (χ3n) is 6.69. The molecule has 0 aromatic carbocycles. The molecule has 0 aliphatic rings. The Morgan fingerprint density at radius 2 is 0.733 bits per heavy atom. The molecule has 0 aliphatic heterocycles. The van der Waals surface area contributed by atoms with Crippen LogP contribution in [0.1, 0.15) is 175 Å². The largest absolute Gasteiger partial charge is 0.378 e. The highest BCUT2D eigenvalue weighted by Crippen LogP contribution is 2.15. The smallest absolute Gasteiger partial charge is 0.0572 e. The topological polar surface area (TPSA) is 9.23 Å². The van der Waals surface area contributed by atoms with Crippen LogP contribution in [-0.2, 0) is 4.74 Å². The average molecular weight is 425 g/mol. The van der Waals surface area contributed by atoms with Gasteiger partial charge in [0.25, 0.3) is 0 Å². The summed E-state index contributed by atoms with van der Waals surface area (Å²) in [6.07, 6.45) is 34.3. The first-order valence-corrected chi connectivity index (χ1v) is 14.5. The third-order valence-corrected chi connectivity index (χ3v) is 6.69. The molecule has 182 valence electrons. The summed E-state index contributed by atoms with van der Waals surface area (Å²) in [6.45, 7) is 7.88. The Morgan fingerprint density at radius 3 is 1.10 bits per heavy atom. The Bertz CT molecular complexity index is 288. The van der Waals surface area contributed by atoms with Gasteiger partial charge in [-0.3, -0.25) is 0 Å². The van der Waals surface area contributed by atoms with Crippen molar-refractivity contribution in [3.63, 3.8) is 0 Å². The molecule has 0 saturated carbocycles. The van der Waals surface area contributed by atoms with Gasteiger partial charge in [-0.2, -0.15) is 0 Å². The van der Waals surface area contributed by atoms with Gasteiger partial charge in [-0.1, -0.05) is 156 Å². The van der Waals surface area contributed by atoms with Crippen molar-refractivity contribution >= 4 is 0 Å². The first kappa shape index (κ1) is 30.0. The maximum atomic E-state index is 6.17. The minimum absolute atomic E-state index is 0.520. The summed E-state index contributed by atoms with van der Waals surface area (Å²) in [5, 5.41) is 0. The fourth-order valence-electron chi connectivity index (χ4n) is 4.46. The zero-order valence-electron chi connectivity index (χ0n) is 21.7.